The average molecular weight is 303 g/mol. The summed E-state index contributed by atoms with van der Waals surface area (Å²) in [7, 11) is 1.45. The van der Waals surface area contributed by atoms with Crippen LogP contribution in [-0.4, -0.2) is 19.6 Å². The Balaban J connectivity index is 0.00000200. The average Bonchev–Trinajstić information content (AvgIpc) is 2.89. The van der Waals surface area contributed by atoms with Crippen LogP contribution in [0.15, 0.2) is 18.2 Å². The molecule has 1 saturated carbocycles. The van der Waals surface area contributed by atoms with E-state index in [4.69, 9.17) is 10.5 Å². The zero-order chi connectivity index (χ0) is 13.8. The highest BCUT2D eigenvalue weighted by atomic mass is 35.5. The van der Waals surface area contributed by atoms with Gasteiger partial charge in [-0.05, 0) is 37.4 Å². The summed E-state index contributed by atoms with van der Waals surface area (Å²) in [5.41, 5.74) is 6.17. The highest BCUT2D eigenvalue weighted by Crippen LogP contribution is 2.33. The number of hydrogen-bond acceptors (Lipinski definition) is 3. The number of amides is 1. The fraction of sp³-hybridized carbons (Fsp3) is 0.500. The molecule has 0 unspecified atom stereocenters. The Morgan fingerprint density at radius 2 is 2.25 bits per heavy atom. The Hall–Kier alpha value is -1.33. The van der Waals surface area contributed by atoms with Crippen molar-refractivity contribution in [2.24, 2.45) is 17.6 Å². The van der Waals surface area contributed by atoms with Crippen LogP contribution >= 0.6 is 12.4 Å². The van der Waals surface area contributed by atoms with Crippen LogP contribution in [0, 0.1) is 17.7 Å². The molecule has 1 aromatic rings. The van der Waals surface area contributed by atoms with E-state index in [9.17, 15) is 9.18 Å². The van der Waals surface area contributed by atoms with E-state index in [0.717, 1.165) is 19.3 Å². The number of anilines is 1. The first kappa shape index (κ1) is 16.7. The summed E-state index contributed by atoms with van der Waals surface area (Å²) in [6.45, 7) is 0.526. The van der Waals surface area contributed by atoms with Crippen LogP contribution in [0.4, 0.5) is 10.1 Å². The largest absolute Gasteiger partial charge is 0.494 e. The summed E-state index contributed by atoms with van der Waals surface area (Å²) < 4.78 is 18.1. The highest BCUT2D eigenvalue weighted by molar-refractivity contribution is 5.94. The Morgan fingerprint density at radius 3 is 2.90 bits per heavy atom. The van der Waals surface area contributed by atoms with E-state index < -0.39 is 5.82 Å². The quantitative estimate of drug-likeness (QED) is 0.898. The molecule has 3 N–H and O–H groups in total. The molecule has 0 radical (unpaired) electrons. The van der Waals surface area contributed by atoms with Gasteiger partial charge in [0.15, 0.2) is 0 Å². The van der Waals surface area contributed by atoms with Gasteiger partial charge in [0.05, 0.1) is 12.8 Å². The molecule has 1 amide bonds. The molecule has 4 nitrogen and oxygen atoms in total. The molecule has 0 saturated heterocycles. The van der Waals surface area contributed by atoms with Gasteiger partial charge in [0.1, 0.15) is 11.6 Å². The summed E-state index contributed by atoms with van der Waals surface area (Å²) in [4.78, 5) is 12.2. The molecular formula is C14H20ClFN2O2. The number of rotatable bonds is 4. The van der Waals surface area contributed by atoms with Gasteiger partial charge in [-0.3, -0.25) is 4.79 Å². The molecule has 1 fully saturated rings. The minimum atomic E-state index is -0.393. The third-order valence-corrected chi connectivity index (χ3v) is 3.72. The smallest absolute Gasteiger partial charge is 0.227 e. The summed E-state index contributed by atoms with van der Waals surface area (Å²) in [6, 6.07) is 4.07. The lowest BCUT2D eigenvalue weighted by Crippen LogP contribution is -2.29. The predicted octanol–water partition coefficient (Wildman–Crippen LogP) is 2.57. The van der Waals surface area contributed by atoms with E-state index in [-0.39, 0.29) is 30.2 Å². The summed E-state index contributed by atoms with van der Waals surface area (Å²) >= 11 is 0. The molecule has 6 heteroatoms. The van der Waals surface area contributed by atoms with Gasteiger partial charge < -0.3 is 15.8 Å². The van der Waals surface area contributed by atoms with E-state index in [2.05, 4.69) is 5.32 Å². The molecule has 0 bridgehead atoms. The van der Waals surface area contributed by atoms with Crippen molar-refractivity contribution in [1.82, 2.24) is 0 Å². The van der Waals surface area contributed by atoms with Crippen molar-refractivity contribution in [2.75, 3.05) is 19.0 Å². The standard InChI is InChI=1S/C14H19FN2O2.ClH/c1-19-13-7-10(15)5-6-12(13)17-14(18)11-4-2-3-9(11)8-16;/h5-7,9,11H,2-4,8,16H2,1H3,(H,17,18);1H/t9-,11-;/m1./s1. The number of carbonyl (C=O) groups excluding carboxylic acids is 1. The second-order valence-electron chi connectivity index (χ2n) is 4.87. The molecule has 2 atom stereocenters. The van der Waals surface area contributed by atoms with Gasteiger partial charge in [0, 0.05) is 12.0 Å². The van der Waals surface area contributed by atoms with Crippen LogP contribution in [0.3, 0.4) is 0 Å². The summed E-state index contributed by atoms with van der Waals surface area (Å²) in [6.07, 6.45) is 2.88. The number of benzene rings is 1. The van der Waals surface area contributed by atoms with Crippen LogP contribution in [-0.2, 0) is 4.79 Å². The van der Waals surface area contributed by atoms with E-state index in [1.54, 1.807) is 0 Å². The van der Waals surface area contributed by atoms with Gasteiger partial charge in [0.25, 0.3) is 0 Å². The Morgan fingerprint density at radius 1 is 1.50 bits per heavy atom. The molecule has 1 aliphatic rings. The van der Waals surface area contributed by atoms with Crippen molar-refractivity contribution in [3.05, 3.63) is 24.0 Å². The fourth-order valence-electron chi connectivity index (χ4n) is 2.66. The molecule has 0 heterocycles. The number of halogens is 2. The van der Waals surface area contributed by atoms with Crippen LogP contribution in [0.5, 0.6) is 5.75 Å². The zero-order valence-electron chi connectivity index (χ0n) is 11.4. The van der Waals surface area contributed by atoms with Crippen molar-refractivity contribution in [3.8, 4) is 5.75 Å². The molecule has 2 rings (SSSR count). The van der Waals surface area contributed by atoms with Crippen molar-refractivity contribution in [1.29, 1.82) is 0 Å². The Labute approximate surface area is 124 Å². The minimum absolute atomic E-state index is 0. The van der Waals surface area contributed by atoms with Gasteiger partial charge in [-0.2, -0.15) is 0 Å². The number of methoxy groups -OCH3 is 1. The van der Waals surface area contributed by atoms with Crippen molar-refractivity contribution < 1.29 is 13.9 Å². The number of carbonyl (C=O) groups is 1. The molecule has 0 aliphatic heterocycles. The van der Waals surface area contributed by atoms with Gasteiger partial charge in [-0.25, -0.2) is 4.39 Å². The zero-order valence-corrected chi connectivity index (χ0v) is 12.2. The molecule has 1 aliphatic carbocycles. The van der Waals surface area contributed by atoms with Crippen LogP contribution in [0.2, 0.25) is 0 Å². The van der Waals surface area contributed by atoms with Gasteiger partial charge >= 0.3 is 0 Å². The van der Waals surface area contributed by atoms with Crippen LogP contribution < -0.4 is 15.8 Å². The highest BCUT2D eigenvalue weighted by Gasteiger charge is 2.32. The maximum atomic E-state index is 13.1. The first-order valence-corrected chi connectivity index (χ1v) is 6.50. The van der Waals surface area contributed by atoms with Crippen molar-refractivity contribution in [2.45, 2.75) is 19.3 Å². The molecular weight excluding hydrogens is 283 g/mol. The number of ether oxygens (including phenoxy) is 1. The Kier molecular flexibility index (Phi) is 6.23. The topological polar surface area (TPSA) is 64.3 Å². The fourth-order valence-corrected chi connectivity index (χ4v) is 2.66. The van der Waals surface area contributed by atoms with Crippen molar-refractivity contribution in [3.63, 3.8) is 0 Å². The van der Waals surface area contributed by atoms with Gasteiger partial charge in [-0.15, -0.1) is 12.4 Å². The second kappa shape index (κ2) is 7.45. The normalized spacial score (nSPS) is 21.1. The molecule has 20 heavy (non-hydrogen) atoms. The monoisotopic (exact) mass is 302 g/mol. The first-order valence-electron chi connectivity index (χ1n) is 6.50. The van der Waals surface area contributed by atoms with E-state index >= 15 is 0 Å². The third kappa shape index (κ3) is 3.61. The van der Waals surface area contributed by atoms with E-state index in [1.165, 1.54) is 25.3 Å². The summed E-state index contributed by atoms with van der Waals surface area (Å²) in [5.74, 6) is 0.0651. The molecule has 0 aromatic heterocycles. The number of nitrogens with two attached hydrogens (primary N) is 1. The third-order valence-electron chi connectivity index (χ3n) is 3.72. The maximum Gasteiger partial charge on any atom is 0.227 e. The van der Waals surface area contributed by atoms with E-state index in [1.807, 2.05) is 0 Å². The SMILES string of the molecule is COc1cc(F)ccc1NC(=O)[C@@H]1CCC[C@@H]1CN.Cl. The lowest BCUT2D eigenvalue weighted by Gasteiger charge is -2.18. The lowest BCUT2D eigenvalue weighted by atomic mass is 9.95. The maximum absolute atomic E-state index is 13.1. The summed E-state index contributed by atoms with van der Waals surface area (Å²) in [5, 5.41) is 2.81. The predicted molar refractivity (Wildman–Crippen MR) is 78.7 cm³/mol. The first-order chi connectivity index (χ1) is 9.15. The van der Waals surface area contributed by atoms with Gasteiger partial charge in [-0.1, -0.05) is 6.42 Å². The van der Waals surface area contributed by atoms with Gasteiger partial charge in [0.2, 0.25) is 5.91 Å². The molecule has 0 spiro atoms. The molecule has 112 valence electrons. The van der Waals surface area contributed by atoms with Crippen molar-refractivity contribution >= 4 is 24.0 Å². The van der Waals surface area contributed by atoms with Crippen LogP contribution in [0.25, 0.3) is 0 Å². The minimum Gasteiger partial charge on any atom is -0.494 e. The number of hydrogen-bond donors (Lipinski definition) is 2. The lowest BCUT2D eigenvalue weighted by molar-refractivity contribution is -0.120. The Bertz CT molecular complexity index is 470. The van der Waals surface area contributed by atoms with Crippen LogP contribution in [0.1, 0.15) is 19.3 Å². The second-order valence-corrected chi connectivity index (χ2v) is 4.87. The number of nitrogens with one attached hydrogen (secondary N) is 1. The molecule has 1 aromatic carbocycles. The van der Waals surface area contributed by atoms with E-state index in [0.29, 0.717) is 18.0 Å².